The van der Waals surface area contributed by atoms with E-state index < -0.39 is 0 Å². The first kappa shape index (κ1) is 14.9. The third-order valence-electron chi connectivity index (χ3n) is 3.50. The highest BCUT2D eigenvalue weighted by atomic mass is 35.5. The lowest BCUT2D eigenvalue weighted by Gasteiger charge is -2.09. The number of benzene rings is 2. The van der Waals surface area contributed by atoms with Gasteiger partial charge in [0.25, 0.3) is 0 Å². The zero-order valence-electron chi connectivity index (χ0n) is 12.0. The van der Waals surface area contributed by atoms with E-state index in [0.717, 1.165) is 35.4 Å². The van der Waals surface area contributed by atoms with Gasteiger partial charge in [0.05, 0.1) is 27.7 Å². The van der Waals surface area contributed by atoms with Crippen molar-refractivity contribution in [1.82, 2.24) is 9.55 Å². The van der Waals surface area contributed by atoms with Crippen LogP contribution in [0.15, 0.2) is 36.4 Å². The third-order valence-corrected chi connectivity index (χ3v) is 4.04. The Balaban J connectivity index is 2.27. The maximum Gasteiger partial charge on any atom is 0.142 e. The van der Waals surface area contributed by atoms with E-state index >= 15 is 0 Å². The van der Waals surface area contributed by atoms with Crippen molar-refractivity contribution in [2.24, 2.45) is 0 Å². The molecule has 110 valence electrons. The van der Waals surface area contributed by atoms with Gasteiger partial charge in [-0.1, -0.05) is 30.1 Å². The van der Waals surface area contributed by atoms with Gasteiger partial charge in [-0.15, -0.1) is 0 Å². The van der Waals surface area contributed by atoms with E-state index in [0.29, 0.717) is 15.6 Å². The average molecular weight is 330 g/mol. The Bertz CT molecular complexity index is 891. The molecule has 0 amide bonds. The highest BCUT2D eigenvalue weighted by Gasteiger charge is 2.15. The maximum atomic E-state index is 9.05. The van der Waals surface area contributed by atoms with Crippen molar-refractivity contribution in [1.29, 1.82) is 5.26 Å². The predicted octanol–water partition coefficient (Wildman–Crippen LogP) is 5.29. The molecule has 0 bridgehead atoms. The number of rotatable bonds is 3. The van der Waals surface area contributed by atoms with Gasteiger partial charge in [-0.3, -0.25) is 0 Å². The summed E-state index contributed by atoms with van der Waals surface area (Å²) in [6, 6.07) is 13.1. The molecule has 3 nitrogen and oxygen atoms in total. The molecule has 0 spiro atoms. The highest BCUT2D eigenvalue weighted by molar-refractivity contribution is 6.36. The summed E-state index contributed by atoms with van der Waals surface area (Å²) in [6.07, 6.45) is 0.976. The van der Waals surface area contributed by atoms with Crippen LogP contribution in [-0.2, 0) is 6.54 Å². The summed E-state index contributed by atoms with van der Waals surface area (Å²) >= 11 is 12.3. The smallest absolute Gasteiger partial charge is 0.142 e. The number of hydrogen-bond donors (Lipinski definition) is 0. The second-order valence-electron chi connectivity index (χ2n) is 5.03. The van der Waals surface area contributed by atoms with Gasteiger partial charge in [0.1, 0.15) is 5.82 Å². The summed E-state index contributed by atoms with van der Waals surface area (Å²) in [7, 11) is 0. The van der Waals surface area contributed by atoms with E-state index in [2.05, 4.69) is 22.5 Å². The molecular weight excluding hydrogens is 317 g/mol. The van der Waals surface area contributed by atoms with Crippen LogP contribution < -0.4 is 0 Å². The topological polar surface area (TPSA) is 41.6 Å². The molecule has 0 saturated carbocycles. The van der Waals surface area contributed by atoms with Crippen LogP contribution in [0.1, 0.15) is 18.9 Å². The molecule has 0 fully saturated rings. The van der Waals surface area contributed by atoms with E-state index in [9.17, 15) is 0 Å². The summed E-state index contributed by atoms with van der Waals surface area (Å²) in [5, 5.41) is 10.2. The predicted molar refractivity (Wildman–Crippen MR) is 90.2 cm³/mol. The molecule has 5 heteroatoms. The highest BCUT2D eigenvalue weighted by Crippen LogP contribution is 2.32. The van der Waals surface area contributed by atoms with E-state index in [1.54, 1.807) is 18.2 Å². The largest absolute Gasteiger partial charge is 0.324 e. The SMILES string of the molecule is CCCn1c(-c2ccc(Cl)cc2Cl)nc2cc(C#N)ccc21. The van der Waals surface area contributed by atoms with Crippen molar-refractivity contribution in [3.8, 4) is 17.5 Å². The fourth-order valence-corrected chi connectivity index (χ4v) is 3.02. The lowest BCUT2D eigenvalue weighted by atomic mass is 10.2. The lowest BCUT2D eigenvalue weighted by Crippen LogP contribution is -2.00. The number of nitriles is 1. The normalized spacial score (nSPS) is 10.8. The first-order valence-electron chi connectivity index (χ1n) is 7.00. The molecule has 0 N–H and O–H groups in total. The minimum Gasteiger partial charge on any atom is -0.324 e. The molecule has 0 unspecified atom stereocenters. The van der Waals surface area contributed by atoms with Gasteiger partial charge in [0.2, 0.25) is 0 Å². The van der Waals surface area contributed by atoms with Gasteiger partial charge in [-0.25, -0.2) is 4.98 Å². The fourth-order valence-electron chi connectivity index (χ4n) is 2.53. The first-order chi connectivity index (χ1) is 10.6. The molecule has 0 aliphatic heterocycles. The van der Waals surface area contributed by atoms with Crippen molar-refractivity contribution in [3.05, 3.63) is 52.0 Å². The summed E-state index contributed by atoms with van der Waals surface area (Å²) in [5.74, 6) is 0.800. The zero-order valence-corrected chi connectivity index (χ0v) is 13.5. The van der Waals surface area contributed by atoms with Crippen LogP contribution in [0.25, 0.3) is 22.4 Å². The van der Waals surface area contributed by atoms with Crippen LogP contribution in [0, 0.1) is 11.3 Å². The number of hydrogen-bond acceptors (Lipinski definition) is 2. The Morgan fingerprint density at radius 3 is 2.68 bits per heavy atom. The Kier molecular flexibility index (Phi) is 4.06. The van der Waals surface area contributed by atoms with Crippen LogP contribution >= 0.6 is 23.2 Å². The summed E-state index contributed by atoms with van der Waals surface area (Å²) in [6.45, 7) is 2.94. The summed E-state index contributed by atoms with van der Waals surface area (Å²) in [5.41, 5.74) is 3.24. The number of aromatic nitrogens is 2. The van der Waals surface area contributed by atoms with Crippen molar-refractivity contribution >= 4 is 34.2 Å². The third kappa shape index (κ3) is 2.56. The Labute approximate surface area is 138 Å². The molecule has 22 heavy (non-hydrogen) atoms. The number of fused-ring (bicyclic) bond motifs is 1. The standard InChI is InChI=1S/C17H13Cl2N3/c1-2-7-22-16-6-3-11(10-20)8-15(16)21-17(22)13-5-4-12(18)9-14(13)19/h3-6,8-9H,2,7H2,1H3. The van der Waals surface area contributed by atoms with Crippen LogP contribution in [0.3, 0.4) is 0 Å². The molecule has 1 heterocycles. The van der Waals surface area contributed by atoms with Gasteiger partial charge in [-0.2, -0.15) is 5.26 Å². The second-order valence-corrected chi connectivity index (χ2v) is 5.87. The fraction of sp³-hybridized carbons (Fsp3) is 0.176. The van der Waals surface area contributed by atoms with Crippen LogP contribution in [-0.4, -0.2) is 9.55 Å². The minimum absolute atomic E-state index is 0.570. The van der Waals surface area contributed by atoms with E-state index in [1.807, 2.05) is 18.2 Å². The van der Waals surface area contributed by atoms with Gasteiger partial charge in [0, 0.05) is 17.1 Å². The summed E-state index contributed by atoms with van der Waals surface area (Å²) < 4.78 is 2.13. The van der Waals surface area contributed by atoms with E-state index in [-0.39, 0.29) is 0 Å². The van der Waals surface area contributed by atoms with Crippen LogP contribution in [0.4, 0.5) is 0 Å². The maximum absolute atomic E-state index is 9.05. The van der Waals surface area contributed by atoms with Gasteiger partial charge >= 0.3 is 0 Å². The Hall–Kier alpha value is -2.02. The molecule has 0 aliphatic carbocycles. The zero-order chi connectivity index (χ0) is 15.7. The van der Waals surface area contributed by atoms with E-state index in [4.69, 9.17) is 28.5 Å². The quantitative estimate of drug-likeness (QED) is 0.654. The van der Waals surface area contributed by atoms with Crippen LogP contribution in [0.2, 0.25) is 10.0 Å². The van der Waals surface area contributed by atoms with Crippen molar-refractivity contribution in [2.45, 2.75) is 19.9 Å². The van der Waals surface area contributed by atoms with E-state index in [1.165, 1.54) is 0 Å². The number of halogens is 2. The number of aryl methyl sites for hydroxylation is 1. The van der Waals surface area contributed by atoms with Crippen molar-refractivity contribution in [2.75, 3.05) is 0 Å². The molecule has 0 radical (unpaired) electrons. The number of nitrogens with zero attached hydrogens (tertiary/aromatic N) is 3. The Morgan fingerprint density at radius 1 is 1.18 bits per heavy atom. The molecule has 0 saturated heterocycles. The molecule has 2 aromatic carbocycles. The summed E-state index contributed by atoms with van der Waals surface area (Å²) in [4.78, 5) is 4.68. The first-order valence-corrected chi connectivity index (χ1v) is 7.75. The molecule has 3 aromatic rings. The molecule has 1 aromatic heterocycles. The number of imidazole rings is 1. The monoisotopic (exact) mass is 329 g/mol. The second kappa shape index (κ2) is 6.00. The van der Waals surface area contributed by atoms with Crippen molar-refractivity contribution in [3.63, 3.8) is 0 Å². The average Bonchev–Trinajstić information content (AvgIpc) is 2.85. The molecule has 3 rings (SSSR count). The lowest BCUT2D eigenvalue weighted by molar-refractivity contribution is 0.704. The minimum atomic E-state index is 0.570. The van der Waals surface area contributed by atoms with Crippen LogP contribution in [0.5, 0.6) is 0 Å². The van der Waals surface area contributed by atoms with Gasteiger partial charge in [0.15, 0.2) is 0 Å². The molecular formula is C17H13Cl2N3. The molecule has 0 aliphatic rings. The Morgan fingerprint density at radius 2 is 2.00 bits per heavy atom. The van der Waals surface area contributed by atoms with Crippen molar-refractivity contribution < 1.29 is 0 Å². The molecule has 0 atom stereocenters. The van der Waals surface area contributed by atoms with Gasteiger partial charge < -0.3 is 4.57 Å². The van der Waals surface area contributed by atoms with Gasteiger partial charge in [-0.05, 0) is 42.8 Å².